The highest BCUT2D eigenvalue weighted by atomic mass is 79.9. The van der Waals surface area contributed by atoms with Gasteiger partial charge in [0.2, 0.25) is 0 Å². The van der Waals surface area contributed by atoms with Crippen molar-refractivity contribution in [1.82, 2.24) is 5.32 Å². The van der Waals surface area contributed by atoms with Gasteiger partial charge in [-0.3, -0.25) is 0 Å². The van der Waals surface area contributed by atoms with Gasteiger partial charge in [0.1, 0.15) is 0 Å². The molecular formula is C18H30BrN. The molecule has 114 valence electrons. The van der Waals surface area contributed by atoms with Gasteiger partial charge in [-0.15, -0.1) is 0 Å². The third-order valence-corrected chi connectivity index (χ3v) is 4.52. The smallest absolute Gasteiger partial charge is 0.0207 e. The first kappa shape index (κ1) is 17.7. The molecule has 0 radical (unpaired) electrons. The van der Waals surface area contributed by atoms with Gasteiger partial charge in [-0.1, -0.05) is 80.6 Å². The summed E-state index contributed by atoms with van der Waals surface area (Å²) in [5.74, 6) is 0.743. The molecule has 0 spiro atoms. The fraction of sp³-hybridized carbons (Fsp3) is 0.667. The zero-order valence-corrected chi connectivity index (χ0v) is 14.9. The molecule has 1 nitrogen and oxygen atoms in total. The minimum atomic E-state index is 0.576. The van der Waals surface area contributed by atoms with Gasteiger partial charge in [0.15, 0.2) is 0 Å². The second-order valence-electron chi connectivity index (χ2n) is 6.07. The number of hydrogen-bond acceptors (Lipinski definition) is 1. The van der Waals surface area contributed by atoms with Crippen molar-refractivity contribution >= 4 is 15.9 Å². The van der Waals surface area contributed by atoms with Crippen LogP contribution in [0.1, 0.15) is 58.4 Å². The Labute approximate surface area is 133 Å². The predicted octanol–water partition coefficient (Wildman–Crippen LogP) is 5.58. The van der Waals surface area contributed by atoms with E-state index in [1.165, 1.54) is 48.6 Å². The molecule has 0 bridgehead atoms. The van der Waals surface area contributed by atoms with E-state index in [1.54, 1.807) is 0 Å². The molecule has 0 aromatic heterocycles. The molecule has 1 rings (SSSR count). The Bertz CT molecular complexity index is 362. The van der Waals surface area contributed by atoms with Crippen LogP contribution in [-0.2, 0) is 6.42 Å². The Morgan fingerprint density at radius 3 is 2.50 bits per heavy atom. The molecule has 0 amide bonds. The highest BCUT2D eigenvalue weighted by molar-refractivity contribution is 9.10. The van der Waals surface area contributed by atoms with Crippen molar-refractivity contribution in [3.05, 3.63) is 34.3 Å². The standard InChI is InChI=1S/C18H30BrN/c1-4-5-6-7-10-16(14-20-15(2)3)13-17-11-8-9-12-18(17)19/h8-9,11-12,15-16,20H,4-7,10,13-14H2,1-3H3. The molecule has 1 aromatic carbocycles. The van der Waals surface area contributed by atoms with E-state index in [9.17, 15) is 0 Å². The Kier molecular flexibility index (Phi) is 9.21. The minimum absolute atomic E-state index is 0.576. The molecule has 20 heavy (non-hydrogen) atoms. The Morgan fingerprint density at radius 1 is 1.10 bits per heavy atom. The monoisotopic (exact) mass is 339 g/mol. The first-order chi connectivity index (χ1) is 9.63. The first-order valence-corrected chi connectivity index (χ1v) is 8.89. The van der Waals surface area contributed by atoms with Crippen LogP contribution in [0.4, 0.5) is 0 Å². The summed E-state index contributed by atoms with van der Waals surface area (Å²) in [6.07, 6.45) is 7.94. The van der Waals surface area contributed by atoms with Gasteiger partial charge in [0.05, 0.1) is 0 Å². The van der Waals surface area contributed by atoms with Gasteiger partial charge in [0, 0.05) is 10.5 Å². The molecule has 0 aliphatic heterocycles. The van der Waals surface area contributed by atoms with E-state index in [0.717, 1.165) is 12.5 Å². The number of benzene rings is 1. The van der Waals surface area contributed by atoms with Crippen LogP contribution in [0.2, 0.25) is 0 Å². The molecule has 0 aliphatic rings. The molecule has 1 unspecified atom stereocenters. The van der Waals surface area contributed by atoms with E-state index in [0.29, 0.717) is 6.04 Å². The third-order valence-electron chi connectivity index (χ3n) is 3.75. The van der Waals surface area contributed by atoms with E-state index in [2.05, 4.69) is 66.3 Å². The van der Waals surface area contributed by atoms with Gasteiger partial charge in [-0.2, -0.15) is 0 Å². The van der Waals surface area contributed by atoms with Crippen LogP contribution in [0.5, 0.6) is 0 Å². The molecule has 1 aromatic rings. The van der Waals surface area contributed by atoms with Crippen LogP contribution in [0, 0.1) is 5.92 Å². The zero-order valence-electron chi connectivity index (χ0n) is 13.3. The second-order valence-corrected chi connectivity index (χ2v) is 6.93. The number of nitrogens with one attached hydrogen (secondary N) is 1. The van der Waals surface area contributed by atoms with Gasteiger partial charge < -0.3 is 5.32 Å². The lowest BCUT2D eigenvalue weighted by Crippen LogP contribution is -2.30. The number of unbranched alkanes of at least 4 members (excludes halogenated alkanes) is 3. The quantitative estimate of drug-likeness (QED) is 0.549. The average molecular weight is 340 g/mol. The number of rotatable bonds is 10. The summed E-state index contributed by atoms with van der Waals surface area (Å²) in [6.45, 7) is 7.86. The maximum Gasteiger partial charge on any atom is 0.0207 e. The summed E-state index contributed by atoms with van der Waals surface area (Å²) in [4.78, 5) is 0. The molecule has 0 saturated carbocycles. The minimum Gasteiger partial charge on any atom is -0.314 e. The van der Waals surface area contributed by atoms with Crippen molar-refractivity contribution in [2.45, 2.75) is 65.3 Å². The van der Waals surface area contributed by atoms with Crippen LogP contribution in [0.15, 0.2) is 28.7 Å². The average Bonchev–Trinajstić information content (AvgIpc) is 2.42. The van der Waals surface area contributed by atoms with Crippen molar-refractivity contribution < 1.29 is 0 Å². The lowest BCUT2D eigenvalue weighted by molar-refractivity contribution is 0.404. The van der Waals surface area contributed by atoms with Gasteiger partial charge in [0.25, 0.3) is 0 Å². The summed E-state index contributed by atoms with van der Waals surface area (Å²) < 4.78 is 1.25. The molecule has 0 heterocycles. The normalized spacial score (nSPS) is 12.8. The Hall–Kier alpha value is -0.340. The molecule has 2 heteroatoms. The second kappa shape index (κ2) is 10.4. The zero-order chi connectivity index (χ0) is 14.8. The van der Waals surface area contributed by atoms with E-state index < -0.39 is 0 Å². The van der Waals surface area contributed by atoms with Crippen molar-refractivity contribution in [2.75, 3.05) is 6.54 Å². The summed E-state index contributed by atoms with van der Waals surface area (Å²) in [5.41, 5.74) is 1.44. The van der Waals surface area contributed by atoms with E-state index in [-0.39, 0.29) is 0 Å². The number of halogens is 1. The van der Waals surface area contributed by atoms with Crippen LogP contribution in [-0.4, -0.2) is 12.6 Å². The van der Waals surface area contributed by atoms with Gasteiger partial charge >= 0.3 is 0 Å². The largest absolute Gasteiger partial charge is 0.314 e. The van der Waals surface area contributed by atoms with Crippen molar-refractivity contribution in [3.63, 3.8) is 0 Å². The van der Waals surface area contributed by atoms with Crippen molar-refractivity contribution in [1.29, 1.82) is 0 Å². The Morgan fingerprint density at radius 2 is 1.85 bits per heavy atom. The summed E-state index contributed by atoms with van der Waals surface area (Å²) in [6, 6.07) is 9.21. The van der Waals surface area contributed by atoms with Crippen LogP contribution in [0.25, 0.3) is 0 Å². The molecule has 0 fully saturated rings. The summed E-state index contributed by atoms with van der Waals surface area (Å²) in [5, 5.41) is 3.61. The maximum absolute atomic E-state index is 3.68. The van der Waals surface area contributed by atoms with Crippen LogP contribution in [0.3, 0.4) is 0 Å². The van der Waals surface area contributed by atoms with E-state index >= 15 is 0 Å². The molecule has 1 N–H and O–H groups in total. The van der Waals surface area contributed by atoms with Gasteiger partial charge in [-0.05, 0) is 36.9 Å². The molecule has 1 atom stereocenters. The van der Waals surface area contributed by atoms with Crippen molar-refractivity contribution in [2.24, 2.45) is 5.92 Å². The summed E-state index contributed by atoms with van der Waals surface area (Å²) >= 11 is 3.68. The summed E-state index contributed by atoms with van der Waals surface area (Å²) in [7, 11) is 0. The first-order valence-electron chi connectivity index (χ1n) is 8.10. The molecular weight excluding hydrogens is 310 g/mol. The van der Waals surface area contributed by atoms with Crippen LogP contribution < -0.4 is 5.32 Å². The third kappa shape index (κ3) is 7.44. The predicted molar refractivity (Wildman–Crippen MR) is 93.2 cm³/mol. The highest BCUT2D eigenvalue weighted by Crippen LogP contribution is 2.22. The Balaban J connectivity index is 2.50. The SMILES string of the molecule is CCCCCCC(CNC(C)C)Cc1ccccc1Br. The fourth-order valence-corrected chi connectivity index (χ4v) is 2.96. The van der Waals surface area contributed by atoms with Gasteiger partial charge in [-0.25, -0.2) is 0 Å². The molecule has 0 saturated heterocycles. The lowest BCUT2D eigenvalue weighted by Gasteiger charge is -2.20. The maximum atomic E-state index is 3.68. The van der Waals surface area contributed by atoms with Crippen molar-refractivity contribution in [3.8, 4) is 0 Å². The lowest BCUT2D eigenvalue weighted by atomic mass is 9.93. The van der Waals surface area contributed by atoms with Crippen LogP contribution >= 0.6 is 15.9 Å². The highest BCUT2D eigenvalue weighted by Gasteiger charge is 2.12. The number of hydrogen-bond donors (Lipinski definition) is 1. The molecule has 0 aliphatic carbocycles. The van der Waals surface area contributed by atoms with E-state index in [1.807, 2.05) is 0 Å². The fourth-order valence-electron chi connectivity index (χ4n) is 2.51. The van der Waals surface area contributed by atoms with E-state index in [4.69, 9.17) is 0 Å². The topological polar surface area (TPSA) is 12.0 Å².